The number of ether oxygens (including phenoxy) is 1. The molecular formula is C23H24N4O2. The molecule has 29 heavy (non-hydrogen) atoms. The van der Waals surface area contributed by atoms with Crippen LogP contribution in [0.5, 0.6) is 0 Å². The van der Waals surface area contributed by atoms with Crippen LogP contribution < -0.4 is 0 Å². The third-order valence-electron chi connectivity index (χ3n) is 6.74. The van der Waals surface area contributed by atoms with Gasteiger partial charge in [0.15, 0.2) is 5.72 Å². The van der Waals surface area contributed by atoms with E-state index in [0.29, 0.717) is 6.42 Å². The van der Waals surface area contributed by atoms with Gasteiger partial charge in [0.05, 0.1) is 24.5 Å². The molecule has 0 bridgehead atoms. The Hall–Kier alpha value is -2.70. The fraction of sp³-hybridized carbons (Fsp3) is 0.391. The second-order valence-corrected chi connectivity index (χ2v) is 8.36. The highest BCUT2D eigenvalue weighted by molar-refractivity contribution is 5.84. The average Bonchev–Trinajstić information content (AvgIpc) is 3.42. The smallest absolute Gasteiger partial charge is 0.226 e. The topological polar surface area (TPSA) is 50.6 Å². The molecule has 0 saturated carbocycles. The summed E-state index contributed by atoms with van der Waals surface area (Å²) < 4.78 is 8.15. The quantitative estimate of drug-likeness (QED) is 0.692. The maximum absolute atomic E-state index is 12.5. The van der Waals surface area contributed by atoms with Crippen molar-refractivity contribution in [1.29, 1.82) is 0 Å². The number of carbonyl (C=O) groups excluding carboxylic acids is 1. The lowest BCUT2D eigenvalue weighted by atomic mass is 10.0. The van der Waals surface area contributed by atoms with Crippen LogP contribution in [0.4, 0.5) is 0 Å². The summed E-state index contributed by atoms with van der Waals surface area (Å²) in [4.78, 5) is 16.9. The van der Waals surface area contributed by atoms with E-state index in [4.69, 9.17) is 4.74 Å². The minimum absolute atomic E-state index is 0.152. The molecule has 0 radical (unpaired) electrons. The molecule has 1 aromatic heterocycles. The van der Waals surface area contributed by atoms with E-state index < -0.39 is 0 Å². The molecule has 2 aromatic carbocycles. The summed E-state index contributed by atoms with van der Waals surface area (Å²) >= 11 is 0. The zero-order valence-corrected chi connectivity index (χ0v) is 16.3. The zero-order chi connectivity index (χ0) is 19.4. The van der Waals surface area contributed by atoms with Gasteiger partial charge in [-0.3, -0.25) is 9.69 Å². The predicted molar refractivity (Wildman–Crippen MR) is 110 cm³/mol. The summed E-state index contributed by atoms with van der Waals surface area (Å²) in [6, 6.07) is 14.9. The standard InChI is InChI=1S/C23H24N4O2/c28-22-13-21-23(26(22)9-3-11-29-23)8-10-25(21)15-17-14-24-27(16-17)20-7-6-18-4-1-2-5-19(18)12-20/h1-2,4-7,12,14,16,21H,3,8-11,13,15H2/t21-,23+/m1/s1. The van der Waals surface area contributed by atoms with Crippen LogP contribution in [-0.4, -0.2) is 57.0 Å². The van der Waals surface area contributed by atoms with E-state index >= 15 is 0 Å². The highest BCUT2D eigenvalue weighted by Crippen LogP contribution is 2.45. The Kier molecular flexibility index (Phi) is 3.79. The number of benzene rings is 2. The summed E-state index contributed by atoms with van der Waals surface area (Å²) in [5, 5.41) is 7.04. The molecule has 3 saturated heterocycles. The van der Waals surface area contributed by atoms with Crippen LogP contribution in [-0.2, 0) is 16.1 Å². The first-order chi connectivity index (χ1) is 14.2. The van der Waals surface area contributed by atoms with Gasteiger partial charge in [-0.1, -0.05) is 30.3 Å². The number of nitrogens with zero attached hydrogens (tertiary/aromatic N) is 4. The molecule has 3 fully saturated rings. The third-order valence-corrected chi connectivity index (χ3v) is 6.74. The summed E-state index contributed by atoms with van der Waals surface area (Å²) in [5.74, 6) is 0.242. The van der Waals surface area contributed by atoms with Crippen molar-refractivity contribution in [1.82, 2.24) is 19.6 Å². The molecule has 0 unspecified atom stereocenters. The fourth-order valence-corrected chi connectivity index (χ4v) is 5.36. The number of hydrogen-bond acceptors (Lipinski definition) is 4. The maximum atomic E-state index is 12.5. The highest BCUT2D eigenvalue weighted by atomic mass is 16.5. The average molecular weight is 388 g/mol. The Morgan fingerprint density at radius 1 is 1.14 bits per heavy atom. The lowest BCUT2D eigenvalue weighted by Gasteiger charge is -2.42. The minimum atomic E-state index is -0.385. The molecule has 6 rings (SSSR count). The number of rotatable bonds is 3. The van der Waals surface area contributed by atoms with E-state index in [9.17, 15) is 4.79 Å². The highest BCUT2D eigenvalue weighted by Gasteiger charge is 2.60. The van der Waals surface area contributed by atoms with Gasteiger partial charge in [0.2, 0.25) is 5.91 Å². The third kappa shape index (κ3) is 2.63. The molecule has 0 aliphatic carbocycles. The van der Waals surface area contributed by atoms with Gasteiger partial charge in [0.25, 0.3) is 0 Å². The Labute approximate surface area is 169 Å². The van der Waals surface area contributed by atoms with Crippen molar-refractivity contribution in [3.05, 3.63) is 60.4 Å². The first-order valence-electron chi connectivity index (χ1n) is 10.4. The molecule has 6 heteroatoms. The number of likely N-dealkylation sites (tertiary alicyclic amines) is 1. The van der Waals surface area contributed by atoms with Gasteiger partial charge in [0, 0.05) is 44.2 Å². The van der Waals surface area contributed by atoms with Gasteiger partial charge >= 0.3 is 0 Å². The molecule has 0 N–H and O–H groups in total. The minimum Gasteiger partial charge on any atom is -0.354 e. The Balaban J connectivity index is 1.24. The van der Waals surface area contributed by atoms with Gasteiger partial charge in [-0.25, -0.2) is 4.68 Å². The molecule has 3 aliphatic heterocycles. The normalized spacial score (nSPS) is 26.8. The molecule has 4 heterocycles. The van der Waals surface area contributed by atoms with Crippen molar-refractivity contribution < 1.29 is 9.53 Å². The molecule has 1 amide bonds. The summed E-state index contributed by atoms with van der Waals surface area (Å²) in [6.45, 7) is 3.34. The number of aromatic nitrogens is 2. The van der Waals surface area contributed by atoms with Crippen LogP contribution in [0.15, 0.2) is 54.9 Å². The SMILES string of the molecule is O=C1C[C@H]2N(Cc3cnn(-c4ccc5ccccc5c4)c3)CC[C@]23OCCCN13. The molecule has 3 aromatic rings. The van der Waals surface area contributed by atoms with Crippen LogP contribution >= 0.6 is 0 Å². The first-order valence-corrected chi connectivity index (χ1v) is 10.4. The molecular weight excluding hydrogens is 364 g/mol. The fourth-order valence-electron chi connectivity index (χ4n) is 5.36. The lowest BCUT2D eigenvalue weighted by Crippen LogP contribution is -2.56. The van der Waals surface area contributed by atoms with Crippen molar-refractivity contribution in [3.63, 3.8) is 0 Å². The van der Waals surface area contributed by atoms with Crippen molar-refractivity contribution in [2.24, 2.45) is 0 Å². The van der Waals surface area contributed by atoms with Gasteiger partial charge in [0.1, 0.15) is 0 Å². The van der Waals surface area contributed by atoms with Gasteiger partial charge < -0.3 is 9.64 Å². The van der Waals surface area contributed by atoms with E-state index in [0.717, 1.165) is 50.3 Å². The van der Waals surface area contributed by atoms with Gasteiger partial charge in [-0.15, -0.1) is 0 Å². The molecule has 3 aliphatic rings. The monoisotopic (exact) mass is 388 g/mol. The zero-order valence-electron chi connectivity index (χ0n) is 16.3. The number of amides is 1. The largest absolute Gasteiger partial charge is 0.354 e. The van der Waals surface area contributed by atoms with E-state index in [1.165, 1.54) is 10.8 Å². The lowest BCUT2D eigenvalue weighted by molar-refractivity contribution is -0.180. The van der Waals surface area contributed by atoms with E-state index in [-0.39, 0.29) is 17.7 Å². The van der Waals surface area contributed by atoms with Crippen LogP contribution in [0.1, 0.15) is 24.8 Å². The summed E-state index contributed by atoms with van der Waals surface area (Å²) in [7, 11) is 0. The Bertz CT molecular complexity index is 1090. The molecule has 148 valence electrons. The van der Waals surface area contributed by atoms with Crippen LogP contribution in [0.25, 0.3) is 16.5 Å². The number of carbonyl (C=O) groups is 1. The van der Waals surface area contributed by atoms with Gasteiger partial charge in [-0.05, 0) is 29.3 Å². The molecule has 2 atom stereocenters. The molecule has 1 spiro atoms. The van der Waals surface area contributed by atoms with Crippen LogP contribution in [0, 0.1) is 0 Å². The van der Waals surface area contributed by atoms with E-state index in [1.807, 2.05) is 15.8 Å². The van der Waals surface area contributed by atoms with Crippen LogP contribution in [0.3, 0.4) is 0 Å². The predicted octanol–water partition coefficient (Wildman–Crippen LogP) is 2.95. The Morgan fingerprint density at radius 2 is 2.03 bits per heavy atom. The first kappa shape index (κ1) is 17.2. The summed E-state index contributed by atoms with van der Waals surface area (Å²) in [6.07, 6.45) is 6.46. The Morgan fingerprint density at radius 3 is 2.97 bits per heavy atom. The van der Waals surface area contributed by atoms with E-state index in [1.54, 1.807) is 0 Å². The van der Waals surface area contributed by atoms with E-state index in [2.05, 4.69) is 58.7 Å². The molecule has 6 nitrogen and oxygen atoms in total. The number of hydrogen-bond donors (Lipinski definition) is 0. The van der Waals surface area contributed by atoms with Crippen LogP contribution in [0.2, 0.25) is 0 Å². The maximum Gasteiger partial charge on any atom is 0.226 e. The number of fused-ring (bicyclic) bond motifs is 1. The van der Waals surface area contributed by atoms with Crippen molar-refractivity contribution in [3.8, 4) is 5.69 Å². The van der Waals surface area contributed by atoms with Crippen molar-refractivity contribution in [2.45, 2.75) is 37.6 Å². The van der Waals surface area contributed by atoms with Crippen molar-refractivity contribution in [2.75, 3.05) is 19.7 Å². The van der Waals surface area contributed by atoms with Gasteiger partial charge in [-0.2, -0.15) is 5.10 Å². The second-order valence-electron chi connectivity index (χ2n) is 8.36. The second kappa shape index (κ2) is 6.40. The summed E-state index contributed by atoms with van der Waals surface area (Å²) in [5.41, 5.74) is 1.84. The van der Waals surface area contributed by atoms with Crippen molar-refractivity contribution >= 4 is 16.7 Å².